The second-order valence-electron chi connectivity index (χ2n) is 3.33. The summed E-state index contributed by atoms with van der Waals surface area (Å²) in [6.45, 7) is 3.47. The summed E-state index contributed by atoms with van der Waals surface area (Å²) in [6.07, 6.45) is 0.731. The first kappa shape index (κ1) is 11.2. The Morgan fingerprint density at radius 2 is 1.79 bits per heavy atom. The van der Waals surface area contributed by atoms with E-state index in [4.69, 9.17) is 11.6 Å². The maximum atomic E-state index is 11.7. The highest BCUT2D eigenvalue weighted by Crippen LogP contribution is 2.33. The van der Waals surface area contributed by atoms with Gasteiger partial charge in [0.1, 0.15) is 5.41 Å². The Kier molecular flexibility index (Phi) is 2.95. The van der Waals surface area contributed by atoms with Gasteiger partial charge in [0.25, 0.3) is 5.91 Å². The van der Waals surface area contributed by atoms with Crippen LogP contribution < -0.4 is 5.32 Å². The molecule has 1 aliphatic heterocycles. The average Bonchev–Trinajstić information content (AvgIpc) is 2.17. The first-order valence-corrected chi connectivity index (χ1v) is 4.97. The number of hydrogen-bond acceptors (Lipinski definition) is 3. The zero-order valence-corrected chi connectivity index (χ0v) is 8.85. The number of carbonyl (C=O) groups is 3. The van der Waals surface area contributed by atoms with E-state index >= 15 is 0 Å². The van der Waals surface area contributed by atoms with Gasteiger partial charge in [0, 0.05) is 0 Å². The smallest absolute Gasteiger partial charge is 0.252 e. The average molecular weight is 218 g/mol. The van der Waals surface area contributed by atoms with Crippen molar-refractivity contribution >= 4 is 29.2 Å². The molecule has 1 heterocycles. The van der Waals surface area contributed by atoms with Crippen LogP contribution in [-0.2, 0) is 14.4 Å². The molecule has 0 aromatic rings. The van der Waals surface area contributed by atoms with Gasteiger partial charge < -0.3 is 0 Å². The van der Waals surface area contributed by atoms with Gasteiger partial charge in [-0.05, 0) is 12.8 Å². The molecule has 1 fully saturated rings. The molecule has 1 N–H and O–H groups in total. The molecule has 0 aromatic carbocycles. The number of imide groups is 1. The molecule has 0 aromatic heterocycles. The van der Waals surface area contributed by atoms with Crippen LogP contribution in [0.15, 0.2) is 0 Å². The number of hydrogen-bond donors (Lipinski definition) is 1. The number of halogens is 1. The van der Waals surface area contributed by atoms with Gasteiger partial charge in [0.2, 0.25) is 5.91 Å². The standard InChI is InChI=1S/C9H12ClNO3/c1-3-9(4-2)6(12)5(10)7(13)11-8(9)14/h5H,3-4H2,1-2H3,(H,11,13,14). The molecule has 2 amide bonds. The Balaban J connectivity index is 3.12. The first-order chi connectivity index (χ1) is 6.49. The van der Waals surface area contributed by atoms with Crippen molar-refractivity contribution in [1.82, 2.24) is 5.32 Å². The van der Waals surface area contributed by atoms with Crippen LogP contribution in [0.25, 0.3) is 0 Å². The molecule has 4 nitrogen and oxygen atoms in total. The fourth-order valence-electron chi connectivity index (χ4n) is 1.69. The highest BCUT2D eigenvalue weighted by Gasteiger charge is 2.51. The van der Waals surface area contributed by atoms with E-state index in [9.17, 15) is 14.4 Å². The fourth-order valence-corrected chi connectivity index (χ4v) is 1.95. The monoisotopic (exact) mass is 217 g/mol. The highest BCUT2D eigenvalue weighted by atomic mass is 35.5. The second kappa shape index (κ2) is 3.69. The van der Waals surface area contributed by atoms with Gasteiger partial charge in [-0.1, -0.05) is 13.8 Å². The van der Waals surface area contributed by atoms with Gasteiger partial charge in [0.15, 0.2) is 11.2 Å². The summed E-state index contributed by atoms with van der Waals surface area (Å²) in [7, 11) is 0. The summed E-state index contributed by atoms with van der Waals surface area (Å²) >= 11 is 5.61. The summed E-state index contributed by atoms with van der Waals surface area (Å²) in [6, 6.07) is 0. The van der Waals surface area contributed by atoms with Crippen molar-refractivity contribution in [2.24, 2.45) is 5.41 Å². The SMILES string of the molecule is CCC1(CC)C(=O)NC(=O)C(Cl)C1=O. The normalized spacial score (nSPS) is 26.2. The molecule has 0 spiro atoms. The lowest BCUT2D eigenvalue weighted by Crippen LogP contribution is -2.59. The fraction of sp³-hybridized carbons (Fsp3) is 0.667. The van der Waals surface area contributed by atoms with E-state index in [1.807, 2.05) is 0 Å². The van der Waals surface area contributed by atoms with Crippen LogP contribution in [0.1, 0.15) is 26.7 Å². The van der Waals surface area contributed by atoms with Gasteiger partial charge >= 0.3 is 0 Å². The molecule has 0 saturated carbocycles. The molecule has 0 bridgehead atoms. The van der Waals surface area contributed by atoms with Crippen LogP contribution in [0, 0.1) is 5.41 Å². The number of alkyl halides is 1. The zero-order chi connectivity index (χ0) is 10.9. The van der Waals surface area contributed by atoms with Gasteiger partial charge in [-0.15, -0.1) is 11.6 Å². The van der Waals surface area contributed by atoms with E-state index in [0.29, 0.717) is 12.8 Å². The van der Waals surface area contributed by atoms with E-state index in [1.165, 1.54) is 0 Å². The van der Waals surface area contributed by atoms with Crippen molar-refractivity contribution < 1.29 is 14.4 Å². The third-order valence-corrected chi connectivity index (χ3v) is 3.21. The van der Waals surface area contributed by atoms with E-state index in [2.05, 4.69) is 5.32 Å². The largest absolute Gasteiger partial charge is 0.296 e. The number of Topliss-reactive ketones (excluding diaryl/α,β-unsaturated/α-hetero) is 1. The Labute approximate surface area is 87.0 Å². The maximum absolute atomic E-state index is 11.7. The molecular formula is C9H12ClNO3. The van der Waals surface area contributed by atoms with E-state index in [1.54, 1.807) is 13.8 Å². The third kappa shape index (κ3) is 1.34. The Morgan fingerprint density at radius 3 is 2.21 bits per heavy atom. The van der Waals surface area contributed by atoms with E-state index < -0.39 is 28.4 Å². The molecular weight excluding hydrogens is 206 g/mol. The zero-order valence-electron chi connectivity index (χ0n) is 8.09. The minimum Gasteiger partial charge on any atom is -0.296 e. The van der Waals surface area contributed by atoms with Crippen LogP contribution in [0.3, 0.4) is 0 Å². The van der Waals surface area contributed by atoms with E-state index in [0.717, 1.165) is 0 Å². The van der Waals surface area contributed by atoms with Crippen molar-refractivity contribution in [1.29, 1.82) is 0 Å². The number of rotatable bonds is 2. The van der Waals surface area contributed by atoms with Gasteiger partial charge in [0.05, 0.1) is 0 Å². The maximum Gasteiger partial charge on any atom is 0.252 e. The van der Waals surface area contributed by atoms with Gasteiger partial charge in [-0.2, -0.15) is 0 Å². The summed E-state index contributed by atoms with van der Waals surface area (Å²) < 4.78 is 0. The summed E-state index contributed by atoms with van der Waals surface area (Å²) in [4.78, 5) is 34.3. The van der Waals surface area contributed by atoms with Crippen molar-refractivity contribution in [3.63, 3.8) is 0 Å². The number of carbonyl (C=O) groups excluding carboxylic acids is 3. The van der Waals surface area contributed by atoms with Crippen LogP contribution in [0.5, 0.6) is 0 Å². The molecule has 1 unspecified atom stereocenters. The molecule has 78 valence electrons. The minimum absolute atomic E-state index is 0.366. The topological polar surface area (TPSA) is 63.2 Å². The van der Waals surface area contributed by atoms with Crippen LogP contribution in [0.4, 0.5) is 0 Å². The molecule has 1 atom stereocenters. The molecule has 0 radical (unpaired) electrons. The Bertz CT molecular complexity index is 296. The summed E-state index contributed by atoms with van der Waals surface area (Å²) in [5, 5.41) is 0.892. The molecule has 5 heteroatoms. The molecule has 14 heavy (non-hydrogen) atoms. The Morgan fingerprint density at radius 1 is 1.29 bits per heavy atom. The van der Waals surface area contributed by atoms with Gasteiger partial charge in [-0.3, -0.25) is 19.7 Å². The number of nitrogens with one attached hydrogen (secondary N) is 1. The first-order valence-electron chi connectivity index (χ1n) is 4.53. The molecule has 1 aliphatic rings. The van der Waals surface area contributed by atoms with Crippen LogP contribution >= 0.6 is 11.6 Å². The third-order valence-electron chi connectivity index (χ3n) is 2.81. The molecule has 1 saturated heterocycles. The summed E-state index contributed by atoms with van der Waals surface area (Å²) in [5.41, 5.74) is -1.11. The number of ketones is 1. The predicted molar refractivity (Wildman–Crippen MR) is 50.8 cm³/mol. The lowest BCUT2D eigenvalue weighted by Gasteiger charge is -2.33. The van der Waals surface area contributed by atoms with Crippen molar-refractivity contribution in [3.05, 3.63) is 0 Å². The highest BCUT2D eigenvalue weighted by molar-refractivity contribution is 6.47. The van der Waals surface area contributed by atoms with Gasteiger partial charge in [-0.25, -0.2) is 0 Å². The Hall–Kier alpha value is -0.900. The molecule has 1 rings (SSSR count). The van der Waals surface area contributed by atoms with Crippen LogP contribution in [-0.4, -0.2) is 23.0 Å². The van der Waals surface area contributed by atoms with Crippen molar-refractivity contribution in [2.45, 2.75) is 32.1 Å². The lowest BCUT2D eigenvalue weighted by atomic mass is 9.74. The van der Waals surface area contributed by atoms with Crippen molar-refractivity contribution in [3.8, 4) is 0 Å². The van der Waals surface area contributed by atoms with Crippen molar-refractivity contribution in [2.75, 3.05) is 0 Å². The number of piperidine rings is 1. The molecule has 0 aliphatic carbocycles. The van der Waals surface area contributed by atoms with E-state index in [-0.39, 0.29) is 0 Å². The second-order valence-corrected chi connectivity index (χ2v) is 3.77. The number of amides is 2. The summed E-state index contributed by atoms with van der Waals surface area (Å²) in [5.74, 6) is -1.70. The quantitative estimate of drug-likeness (QED) is 0.419. The van der Waals surface area contributed by atoms with Crippen LogP contribution in [0.2, 0.25) is 0 Å². The lowest BCUT2D eigenvalue weighted by molar-refractivity contribution is -0.150. The predicted octanol–water partition coefficient (Wildman–Crippen LogP) is 0.626. The minimum atomic E-state index is -1.23.